The Labute approximate surface area is 172 Å². The Hall–Kier alpha value is -2.64. The van der Waals surface area contributed by atoms with Crippen LogP contribution in [-0.2, 0) is 20.7 Å². The predicted molar refractivity (Wildman–Crippen MR) is 109 cm³/mol. The number of nitrogens with zero attached hydrogens (tertiary/aromatic N) is 1. The van der Waals surface area contributed by atoms with Crippen LogP contribution in [0.5, 0.6) is 0 Å². The maximum absolute atomic E-state index is 12.8. The fourth-order valence-electron chi connectivity index (χ4n) is 2.62. The van der Waals surface area contributed by atoms with Crippen molar-refractivity contribution in [3.63, 3.8) is 0 Å². The van der Waals surface area contributed by atoms with Crippen LogP contribution in [0.25, 0.3) is 0 Å². The highest BCUT2D eigenvalue weighted by molar-refractivity contribution is 5.81. The van der Waals surface area contributed by atoms with Crippen molar-refractivity contribution in [1.82, 2.24) is 5.32 Å². The van der Waals surface area contributed by atoms with Gasteiger partial charge < -0.3 is 14.8 Å². The number of hydrogen-bond donors (Lipinski definition) is 1. The summed E-state index contributed by atoms with van der Waals surface area (Å²) in [7, 11) is 0. The first-order chi connectivity index (χ1) is 13.1. The summed E-state index contributed by atoms with van der Waals surface area (Å²) >= 11 is 0. The summed E-state index contributed by atoms with van der Waals surface area (Å²) in [5.41, 5.74) is -2.95. The summed E-state index contributed by atoms with van der Waals surface area (Å²) in [6.45, 7) is 11.1. The number of alkyl carbamates (subject to hydrolysis) is 1. The summed E-state index contributed by atoms with van der Waals surface area (Å²) in [5.74, 6) is -1.01. The maximum atomic E-state index is 12.8. The summed E-state index contributed by atoms with van der Waals surface area (Å²) in [6, 6.07) is 8.19. The normalized spacial score (nSPS) is 15.0. The van der Waals surface area contributed by atoms with Crippen LogP contribution in [0.3, 0.4) is 0 Å². The third-order valence-corrected chi connectivity index (χ3v) is 4.13. The van der Waals surface area contributed by atoms with Crippen molar-refractivity contribution in [3.8, 4) is 0 Å². The third-order valence-electron chi connectivity index (χ3n) is 4.13. The van der Waals surface area contributed by atoms with E-state index < -0.39 is 39.8 Å². The molecule has 2 atom stereocenters. The number of ether oxygens (including phenoxy) is 2. The van der Waals surface area contributed by atoms with Crippen LogP contribution in [0, 0.1) is 10.1 Å². The van der Waals surface area contributed by atoms with E-state index in [2.05, 4.69) is 5.32 Å². The summed E-state index contributed by atoms with van der Waals surface area (Å²) in [5, 5.41) is 14.5. The molecule has 0 fully saturated rings. The second kappa shape index (κ2) is 9.24. The molecule has 1 amide bonds. The lowest BCUT2D eigenvalue weighted by molar-refractivity contribution is -0.556. The molecule has 0 radical (unpaired) electrons. The van der Waals surface area contributed by atoms with Crippen molar-refractivity contribution < 1.29 is 24.0 Å². The van der Waals surface area contributed by atoms with Gasteiger partial charge in [-0.2, -0.15) is 0 Å². The number of nitro groups is 1. The maximum Gasteiger partial charge on any atom is 0.408 e. The lowest BCUT2D eigenvalue weighted by Crippen LogP contribution is -2.62. The lowest BCUT2D eigenvalue weighted by atomic mass is 9.88. The van der Waals surface area contributed by atoms with E-state index in [0.29, 0.717) is 6.42 Å². The van der Waals surface area contributed by atoms with E-state index in [1.54, 1.807) is 41.5 Å². The van der Waals surface area contributed by atoms with Crippen molar-refractivity contribution in [2.45, 2.75) is 84.1 Å². The molecule has 1 aromatic rings. The highest BCUT2D eigenvalue weighted by Gasteiger charge is 2.56. The average Bonchev–Trinajstić information content (AvgIpc) is 2.55. The van der Waals surface area contributed by atoms with E-state index in [1.807, 2.05) is 30.3 Å². The molecule has 0 spiro atoms. The van der Waals surface area contributed by atoms with Crippen molar-refractivity contribution in [3.05, 3.63) is 46.0 Å². The fourth-order valence-corrected chi connectivity index (χ4v) is 2.62. The Morgan fingerprint density at radius 1 is 1.00 bits per heavy atom. The number of carbonyl (C=O) groups excluding carboxylic acids is 2. The molecule has 0 aliphatic rings. The molecule has 0 saturated carbocycles. The minimum Gasteiger partial charge on any atom is -0.455 e. The number of carbonyl (C=O) groups is 2. The van der Waals surface area contributed by atoms with Crippen molar-refractivity contribution >= 4 is 12.1 Å². The third kappa shape index (κ3) is 7.71. The van der Waals surface area contributed by atoms with Gasteiger partial charge in [0.05, 0.1) is 0 Å². The Balaban J connectivity index is 3.19. The van der Waals surface area contributed by atoms with Gasteiger partial charge in [0.15, 0.2) is 0 Å². The molecule has 0 aliphatic heterocycles. The van der Waals surface area contributed by atoms with Crippen molar-refractivity contribution in [2.24, 2.45) is 0 Å². The number of nitrogens with one attached hydrogen (secondary N) is 1. The van der Waals surface area contributed by atoms with Gasteiger partial charge in [-0.25, -0.2) is 9.59 Å². The molecule has 1 unspecified atom stereocenters. The number of hydrogen-bond acceptors (Lipinski definition) is 6. The first-order valence-corrected chi connectivity index (χ1v) is 9.56. The molecule has 0 aromatic heterocycles. The van der Waals surface area contributed by atoms with Gasteiger partial charge in [-0.05, 0) is 59.9 Å². The molecule has 8 heteroatoms. The van der Waals surface area contributed by atoms with E-state index in [0.717, 1.165) is 5.56 Å². The topological polar surface area (TPSA) is 108 Å². The zero-order valence-electron chi connectivity index (χ0n) is 18.3. The van der Waals surface area contributed by atoms with E-state index in [4.69, 9.17) is 9.47 Å². The Morgan fingerprint density at radius 3 is 1.97 bits per heavy atom. The first kappa shape index (κ1) is 24.4. The fraction of sp³-hybridized carbons (Fsp3) is 0.619. The molecule has 162 valence electrons. The van der Waals surface area contributed by atoms with Crippen LogP contribution in [0.1, 0.15) is 60.5 Å². The van der Waals surface area contributed by atoms with Gasteiger partial charge in [-0.1, -0.05) is 30.3 Å². The van der Waals surface area contributed by atoms with Gasteiger partial charge in [-0.15, -0.1) is 0 Å². The SMILES string of the molecule is CC(C)(C)OC(=O)NC(CCc1ccccc1)[C@](C)(C(=O)OC(C)(C)C)[N+](=O)[O-]. The highest BCUT2D eigenvalue weighted by Crippen LogP contribution is 2.25. The molecule has 1 aromatic carbocycles. The van der Waals surface area contributed by atoms with Gasteiger partial charge in [0.1, 0.15) is 17.2 Å². The van der Waals surface area contributed by atoms with Gasteiger partial charge in [0.2, 0.25) is 0 Å². The number of aryl methyl sites for hydroxylation is 1. The Kier molecular flexibility index (Phi) is 7.77. The van der Waals surface area contributed by atoms with Crippen LogP contribution < -0.4 is 5.32 Å². The number of rotatable bonds is 7. The van der Waals surface area contributed by atoms with Crippen molar-refractivity contribution in [1.29, 1.82) is 0 Å². The minimum absolute atomic E-state index is 0.153. The highest BCUT2D eigenvalue weighted by atomic mass is 16.6. The lowest BCUT2D eigenvalue weighted by Gasteiger charge is -2.32. The molecule has 0 heterocycles. The zero-order valence-corrected chi connectivity index (χ0v) is 18.3. The molecule has 0 aliphatic carbocycles. The van der Waals surface area contributed by atoms with Crippen LogP contribution in [0.15, 0.2) is 30.3 Å². The number of benzene rings is 1. The van der Waals surface area contributed by atoms with E-state index in [1.165, 1.54) is 6.92 Å². The van der Waals surface area contributed by atoms with Crippen molar-refractivity contribution in [2.75, 3.05) is 0 Å². The van der Waals surface area contributed by atoms with Crippen LogP contribution in [0.2, 0.25) is 0 Å². The van der Waals surface area contributed by atoms with E-state index >= 15 is 0 Å². The van der Waals surface area contributed by atoms with Gasteiger partial charge >= 0.3 is 17.6 Å². The van der Waals surface area contributed by atoms with Gasteiger partial charge in [0, 0.05) is 11.8 Å². The van der Waals surface area contributed by atoms with Gasteiger partial charge in [-0.3, -0.25) is 10.1 Å². The molecule has 0 bridgehead atoms. The van der Waals surface area contributed by atoms with Crippen LogP contribution in [0.4, 0.5) is 4.79 Å². The quantitative estimate of drug-likeness (QED) is 0.417. The Bertz CT molecular complexity index is 721. The van der Waals surface area contributed by atoms with E-state index in [9.17, 15) is 19.7 Å². The second-order valence-electron chi connectivity index (χ2n) is 9.13. The average molecular weight is 408 g/mol. The van der Waals surface area contributed by atoms with Crippen LogP contribution in [-0.4, -0.2) is 39.8 Å². The predicted octanol–water partition coefficient (Wildman–Crippen LogP) is 3.89. The summed E-state index contributed by atoms with van der Waals surface area (Å²) in [4.78, 5) is 36.4. The molecule has 29 heavy (non-hydrogen) atoms. The molecule has 1 rings (SSSR count). The van der Waals surface area contributed by atoms with E-state index in [-0.39, 0.29) is 6.42 Å². The monoisotopic (exact) mass is 408 g/mol. The minimum atomic E-state index is -2.18. The zero-order chi connectivity index (χ0) is 22.5. The van der Waals surface area contributed by atoms with Crippen LogP contribution >= 0.6 is 0 Å². The molecule has 1 N–H and O–H groups in total. The standard InChI is InChI=1S/C21H32N2O6/c1-19(2,3)28-17(24)21(7,23(26)27)16(22-18(25)29-20(4,5)6)14-13-15-11-9-8-10-12-15/h8-12,16H,13-14H2,1-7H3,(H,22,25)/t16?,21-/m1/s1. The smallest absolute Gasteiger partial charge is 0.408 e. The first-order valence-electron chi connectivity index (χ1n) is 9.56. The summed E-state index contributed by atoms with van der Waals surface area (Å²) < 4.78 is 10.6. The molecule has 0 saturated heterocycles. The number of amides is 1. The largest absolute Gasteiger partial charge is 0.455 e. The van der Waals surface area contributed by atoms with Gasteiger partial charge in [0.25, 0.3) is 0 Å². The molecular formula is C21H32N2O6. The molecule has 8 nitrogen and oxygen atoms in total. The number of esters is 1. The Morgan fingerprint density at radius 2 is 1.52 bits per heavy atom. The second-order valence-corrected chi connectivity index (χ2v) is 9.13. The summed E-state index contributed by atoms with van der Waals surface area (Å²) in [6.07, 6.45) is -0.250. The molecular weight excluding hydrogens is 376 g/mol.